The molecule has 2 aromatic carbocycles. The van der Waals surface area contributed by atoms with Crippen molar-refractivity contribution >= 4 is 38.9 Å². The number of carbonyl (C=O) groups excluding carboxylic acids is 2. The molecule has 7 nitrogen and oxygen atoms in total. The van der Waals surface area contributed by atoms with Crippen molar-refractivity contribution in [2.75, 3.05) is 21.6 Å². The van der Waals surface area contributed by atoms with Crippen molar-refractivity contribution in [3.8, 4) is 0 Å². The lowest BCUT2D eigenvalue weighted by molar-refractivity contribution is -0.114. The van der Waals surface area contributed by atoms with Crippen LogP contribution in [0.2, 0.25) is 0 Å². The first-order valence-electron chi connectivity index (χ1n) is 7.41. The van der Waals surface area contributed by atoms with Gasteiger partial charge in [-0.3, -0.25) is 14.3 Å². The van der Waals surface area contributed by atoms with E-state index in [1.165, 1.54) is 13.0 Å². The van der Waals surface area contributed by atoms with Crippen molar-refractivity contribution in [2.24, 2.45) is 0 Å². The van der Waals surface area contributed by atoms with Crippen LogP contribution in [0.15, 0.2) is 42.5 Å². The Morgan fingerprint density at radius 1 is 0.920 bits per heavy atom. The van der Waals surface area contributed by atoms with E-state index in [1.54, 1.807) is 43.3 Å². The second kappa shape index (κ2) is 7.35. The molecule has 0 atom stereocenters. The molecule has 8 heteroatoms. The van der Waals surface area contributed by atoms with E-state index in [0.29, 0.717) is 28.2 Å². The van der Waals surface area contributed by atoms with E-state index in [4.69, 9.17) is 0 Å². The van der Waals surface area contributed by atoms with Crippen LogP contribution in [0, 0.1) is 6.92 Å². The second-order valence-electron chi connectivity index (χ2n) is 5.62. The van der Waals surface area contributed by atoms with Gasteiger partial charge in [-0.15, -0.1) is 0 Å². The Labute approximate surface area is 146 Å². The lowest BCUT2D eigenvalue weighted by Crippen LogP contribution is -2.14. The third-order valence-corrected chi connectivity index (χ3v) is 3.85. The normalized spacial score (nSPS) is 10.8. The summed E-state index contributed by atoms with van der Waals surface area (Å²) in [5.41, 5.74) is 2.57. The van der Waals surface area contributed by atoms with Gasteiger partial charge in [-0.1, -0.05) is 6.07 Å². The summed E-state index contributed by atoms with van der Waals surface area (Å²) in [7, 11) is -3.43. The van der Waals surface area contributed by atoms with Crippen molar-refractivity contribution in [1.29, 1.82) is 0 Å². The maximum absolute atomic E-state index is 12.3. The molecule has 2 aromatic rings. The minimum absolute atomic E-state index is 0.178. The molecule has 0 heterocycles. The molecule has 0 bridgehead atoms. The quantitative estimate of drug-likeness (QED) is 0.761. The van der Waals surface area contributed by atoms with Crippen LogP contribution in [0.3, 0.4) is 0 Å². The summed E-state index contributed by atoms with van der Waals surface area (Å²) in [4.78, 5) is 23.3. The first-order valence-corrected chi connectivity index (χ1v) is 9.30. The van der Waals surface area contributed by atoms with Crippen LogP contribution < -0.4 is 15.4 Å². The van der Waals surface area contributed by atoms with E-state index in [-0.39, 0.29) is 11.8 Å². The number of carbonyl (C=O) groups is 2. The standard InChI is InChI=1S/C17H19N3O4S/c1-11-4-5-13(10-16(11)20-25(3,23)24)17(22)19-15-8-6-14(7-9-15)18-12(2)21/h4-10,20H,1-3H3,(H,18,21)(H,19,22). The Balaban J connectivity index is 2.15. The molecule has 3 N–H and O–H groups in total. The van der Waals surface area contributed by atoms with Crippen LogP contribution in [0.1, 0.15) is 22.8 Å². The van der Waals surface area contributed by atoms with Gasteiger partial charge in [-0.25, -0.2) is 8.42 Å². The minimum atomic E-state index is -3.43. The third-order valence-electron chi connectivity index (χ3n) is 3.26. The minimum Gasteiger partial charge on any atom is -0.326 e. The summed E-state index contributed by atoms with van der Waals surface area (Å²) < 4.78 is 25.2. The topological polar surface area (TPSA) is 104 Å². The van der Waals surface area contributed by atoms with E-state index in [0.717, 1.165) is 6.26 Å². The highest BCUT2D eigenvalue weighted by Gasteiger charge is 2.11. The Morgan fingerprint density at radius 3 is 2.00 bits per heavy atom. The summed E-state index contributed by atoms with van der Waals surface area (Å²) >= 11 is 0. The molecular formula is C17H19N3O4S. The Bertz CT molecular complexity index is 906. The summed E-state index contributed by atoms with van der Waals surface area (Å²) in [6.45, 7) is 3.16. The zero-order valence-electron chi connectivity index (χ0n) is 14.1. The van der Waals surface area contributed by atoms with Gasteiger partial charge in [0.2, 0.25) is 15.9 Å². The number of hydrogen-bond acceptors (Lipinski definition) is 4. The summed E-state index contributed by atoms with van der Waals surface area (Å²) in [6.07, 6.45) is 1.05. The predicted octanol–water partition coefficient (Wildman–Crippen LogP) is 2.58. The summed E-state index contributed by atoms with van der Waals surface area (Å²) in [5, 5.41) is 5.36. The maximum Gasteiger partial charge on any atom is 0.255 e. The molecule has 0 saturated heterocycles. The molecule has 0 aliphatic rings. The fourth-order valence-electron chi connectivity index (χ4n) is 2.12. The third kappa shape index (κ3) is 5.61. The molecule has 0 unspecified atom stereocenters. The highest BCUT2D eigenvalue weighted by Crippen LogP contribution is 2.20. The van der Waals surface area contributed by atoms with Gasteiger partial charge in [0.1, 0.15) is 0 Å². The number of benzene rings is 2. The fraction of sp³-hybridized carbons (Fsp3) is 0.176. The first kappa shape index (κ1) is 18.5. The van der Waals surface area contributed by atoms with E-state index in [1.807, 2.05) is 0 Å². The number of sulfonamides is 1. The molecule has 0 aliphatic carbocycles. The first-order chi connectivity index (χ1) is 11.6. The summed E-state index contributed by atoms with van der Waals surface area (Å²) in [6, 6.07) is 11.4. The van der Waals surface area contributed by atoms with Gasteiger partial charge in [-0.2, -0.15) is 0 Å². The Kier molecular flexibility index (Phi) is 5.43. The zero-order chi connectivity index (χ0) is 18.6. The SMILES string of the molecule is CC(=O)Nc1ccc(NC(=O)c2ccc(C)c(NS(C)(=O)=O)c2)cc1. The van der Waals surface area contributed by atoms with Crippen molar-refractivity contribution in [1.82, 2.24) is 0 Å². The molecule has 0 aliphatic heterocycles. The van der Waals surface area contributed by atoms with Gasteiger partial charge in [0, 0.05) is 23.9 Å². The number of anilines is 3. The lowest BCUT2D eigenvalue weighted by atomic mass is 10.1. The molecular weight excluding hydrogens is 342 g/mol. The number of hydrogen-bond donors (Lipinski definition) is 3. The number of rotatable bonds is 5. The van der Waals surface area contributed by atoms with E-state index < -0.39 is 10.0 Å². The monoisotopic (exact) mass is 361 g/mol. The van der Waals surface area contributed by atoms with Gasteiger partial charge >= 0.3 is 0 Å². The fourth-order valence-corrected chi connectivity index (χ4v) is 2.74. The van der Waals surface area contributed by atoms with Crippen LogP contribution in [0.25, 0.3) is 0 Å². The molecule has 0 saturated carbocycles. The van der Waals surface area contributed by atoms with Crippen molar-refractivity contribution < 1.29 is 18.0 Å². The highest BCUT2D eigenvalue weighted by atomic mass is 32.2. The van der Waals surface area contributed by atoms with Crippen molar-refractivity contribution in [3.63, 3.8) is 0 Å². The van der Waals surface area contributed by atoms with Crippen LogP contribution >= 0.6 is 0 Å². The van der Waals surface area contributed by atoms with Gasteiger partial charge in [-0.05, 0) is 48.9 Å². The van der Waals surface area contributed by atoms with E-state index >= 15 is 0 Å². The van der Waals surface area contributed by atoms with Gasteiger partial charge in [0.05, 0.1) is 11.9 Å². The molecule has 2 amide bonds. The van der Waals surface area contributed by atoms with E-state index in [9.17, 15) is 18.0 Å². The largest absolute Gasteiger partial charge is 0.326 e. The number of aryl methyl sites for hydroxylation is 1. The molecule has 0 aromatic heterocycles. The predicted molar refractivity (Wildman–Crippen MR) is 98.3 cm³/mol. The molecule has 2 rings (SSSR count). The summed E-state index contributed by atoms with van der Waals surface area (Å²) in [5.74, 6) is -0.550. The van der Waals surface area contributed by atoms with Gasteiger partial charge < -0.3 is 10.6 Å². The maximum atomic E-state index is 12.3. The van der Waals surface area contributed by atoms with Crippen molar-refractivity contribution in [2.45, 2.75) is 13.8 Å². The average Bonchev–Trinajstić information content (AvgIpc) is 2.49. The molecule has 132 valence electrons. The smallest absolute Gasteiger partial charge is 0.255 e. The number of amides is 2. The number of nitrogens with one attached hydrogen (secondary N) is 3. The Hall–Kier alpha value is -2.87. The van der Waals surface area contributed by atoms with Crippen LogP contribution in [0.4, 0.5) is 17.1 Å². The highest BCUT2D eigenvalue weighted by molar-refractivity contribution is 7.92. The molecule has 0 fully saturated rings. The van der Waals surface area contributed by atoms with Crippen LogP contribution in [-0.2, 0) is 14.8 Å². The lowest BCUT2D eigenvalue weighted by Gasteiger charge is -2.11. The van der Waals surface area contributed by atoms with E-state index in [2.05, 4.69) is 15.4 Å². The van der Waals surface area contributed by atoms with Crippen molar-refractivity contribution in [3.05, 3.63) is 53.6 Å². The molecule has 25 heavy (non-hydrogen) atoms. The Morgan fingerprint density at radius 2 is 1.48 bits per heavy atom. The molecule has 0 radical (unpaired) electrons. The van der Waals surface area contributed by atoms with Gasteiger partial charge in [0.25, 0.3) is 5.91 Å². The van der Waals surface area contributed by atoms with Crippen LogP contribution in [-0.4, -0.2) is 26.5 Å². The van der Waals surface area contributed by atoms with Gasteiger partial charge in [0.15, 0.2) is 0 Å². The van der Waals surface area contributed by atoms with Crippen LogP contribution in [0.5, 0.6) is 0 Å². The zero-order valence-corrected chi connectivity index (χ0v) is 14.9. The average molecular weight is 361 g/mol. The molecule has 0 spiro atoms. The second-order valence-corrected chi connectivity index (χ2v) is 7.37.